The molecule has 5 nitrogen and oxygen atoms in total. The molecule has 2 fully saturated rings. The lowest BCUT2D eigenvalue weighted by atomic mass is 9.97. The molecule has 2 aliphatic heterocycles. The van der Waals surface area contributed by atoms with Gasteiger partial charge in [0.25, 0.3) is 0 Å². The van der Waals surface area contributed by atoms with Crippen LogP contribution in [0.5, 0.6) is 0 Å². The first kappa shape index (κ1) is 20.7. The largest absolute Gasteiger partial charge is 0.444 e. The monoisotopic (exact) mass is 388 g/mol. The Balaban J connectivity index is 1.68. The van der Waals surface area contributed by atoms with E-state index in [9.17, 15) is 9.59 Å². The van der Waals surface area contributed by atoms with Gasteiger partial charge in [0.2, 0.25) is 5.91 Å². The second kappa shape index (κ2) is 8.42. The van der Waals surface area contributed by atoms with Crippen LogP contribution in [0.3, 0.4) is 0 Å². The highest BCUT2D eigenvalue weighted by Crippen LogP contribution is 2.49. The van der Waals surface area contributed by atoms with E-state index < -0.39 is 5.60 Å². The van der Waals surface area contributed by atoms with E-state index in [1.807, 2.05) is 42.4 Å². The van der Waals surface area contributed by atoms with Crippen LogP contribution in [0.25, 0.3) is 0 Å². The Bertz CT molecular complexity index is 491. The summed E-state index contributed by atoms with van der Waals surface area (Å²) in [7, 11) is 3.78. The highest BCUT2D eigenvalue weighted by molar-refractivity contribution is 8.77. The van der Waals surface area contributed by atoms with Gasteiger partial charge in [0.05, 0.1) is 5.92 Å². The van der Waals surface area contributed by atoms with Gasteiger partial charge >= 0.3 is 6.09 Å². The van der Waals surface area contributed by atoms with Gasteiger partial charge in [-0.05, 0) is 60.3 Å². The van der Waals surface area contributed by atoms with Crippen molar-refractivity contribution in [3.8, 4) is 0 Å². The second-order valence-corrected chi connectivity index (χ2v) is 11.4. The number of carbonyl (C=O) groups is 2. The van der Waals surface area contributed by atoms with Crippen LogP contribution < -0.4 is 5.32 Å². The lowest BCUT2D eigenvalue weighted by Gasteiger charge is -2.37. The van der Waals surface area contributed by atoms with Crippen molar-refractivity contribution in [1.82, 2.24) is 10.2 Å². The fourth-order valence-corrected chi connectivity index (χ4v) is 6.45. The van der Waals surface area contributed by atoms with Crippen LogP contribution in [0, 0.1) is 5.92 Å². The fraction of sp³-hybridized carbons (Fsp3) is 0.889. The number of rotatable bonds is 6. The molecule has 2 saturated heterocycles. The third kappa shape index (κ3) is 5.98. The van der Waals surface area contributed by atoms with Crippen LogP contribution in [-0.4, -0.2) is 52.1 Å². The van der Waals surface area contributed by atoms with E-state index in [0.717, 1.165) is 38.0 Å². The first-order valence-corrected chi connectivity index (χ1v) is 11.5. The van der Waals surface area contributed by atoms with Gasteiger partial charge in [-0.3, -0.25) is 4.79 Å². The van der Waals surface area contributed by atoms with E-state index in [2.05, 4.69) is 24.1 Å². The van der Waals surface area contributed by atoms with Gasteiger partial charge in [0.15, 0.2) is 0 Å². The molecule has 25 heavy (non-hydrogen) atoms. The molecule has 2 bridgehead atoms. The van der Waals surface area contributed by atoms with Crippen molar-refractivity contribution in [1.29, 1.82) is 0 Å². The van der Waals surface area contributed by atoms with Gasteiger partial charge in [-0.25, -0.2) is 4.79 Å². The summed E-state index contributed by atoms with van der Waals surface area (Å²) < 4.78 is 5.33. The van der Waals surface area contributed by atoms with Crippen molar-refractivity contribution >= 4 is 33.6 Å². The van der Waals surface area contributed by atoms with Gasteiger partial charge in [0, 0.05) is 29.6 Å². The lowest BCUT2D eigenvalue weighted by molar-refractivity contribution is -0.131. The normalized spacial score (nSPS) is 25.6. The number of carbonyl (C=O) groups excluding carboxylic acids is 2. The van der Waals surface area contributed by atoms with Crippen LogP contribution in [-0.2, 0) is 9.53 Å². The van der Waals surface area contributed by atoms with Gasteiger partial charge in [-0.15, -0.1) is 0 Å². The third-order valence-corrected chi connectivity index (χ3v) is 8.01. The van der Waals surface area contributed by atoms with E-state index in [-0.39, 0.29) is 16.8 Å². The summed E-state index contributed by atoms with van der Waals surface area (Å²) in [4.78, 5) is 26.3. The van der Waals surface area contributed by atoms with E-state index in [0.29, 0.717) is 18.5 Å². The first-order valence-electron chi connectivity index (χ1n) is 9.18. The predicted molar refractivity (Wildman–Crippen MR) is 106 cm³/mol. The third-order valence-electron chi connectivity index (χ3n) is 4.61. The maximum absolute atomic E-state index is 12.6. The van der Waals surface area contributed by atoms with E-state index >= 15 is 0 Å². The molecule has 0 aromatic carbocycles. The molecule has 0 radical (unpaired) electrons. The number of nitrogens with one attached hydrogen (secondary N) is 1. The number of likely N-dealkylation sites (tertiary alicyclic amines) is 1. The average molecular weight is 389 g/mol. The van der Waals surface area contributed by atoms with Gasteiger partial charge < -0.3 is 15.0 Å². The SMILES string of the molecule is CC(C)(C)OC(=O)NCCCCCN1C(=O)C2CSSC(C)(C)C1C2. The summed E-state index contributed by atoms with van der Waals surface area (Å²) >= 11 is 0. The summed E-state index contributed by atoms with van der Waals surface area (Å²) in [6.45, 7) is 11.5. The number of amides is 2. The summed E-state index contributed by atoms with van der Waals surface area (Å²) in [5.74, 6) is 1.50. The molecule has 2 aliphatic rings. The van der Waals surface area contributed by atoms with Crippen LogP contribution in [0.1, 0.15) is 60.3 Å². The Kier molecular flexibility index (Phi) is 6.99. The Labute approximate surface area is 159 Å². The maximum Gasteiger partial charge on any atom is 0.407 e. The molecule has 0 aromatic heterocycles. The van der Waals surface area contributed by atoms with Crippen LogP contribution >= 0.6 is 21.6 Å². The zero-order valence-electron chi connectivity index (χ0n) is 16.1. The summed E-state index contributed by atoms with van der Waals surface area (Å²) in [5, 5.41) is 2.79. The highest BCUT2D eigenvalue weighted by atomic mass is 33.1. The molecule has 2 heterocycles. The van der Waals surface area contributed by atoms with E-state index in [1.165, 1.54) is 0 Å². The van der Waals surface area contributed by atoms with E-state index in [4.69, 9.17) is 4.74 Å². The minimum absolute atomic E-state index is 0.115. The van der Waals surface area contributed by atoms with Crippen molar-refractivity contribution in [2.24, 2.45) is 5.92 Å². The first-order chi connectivity index (χ1) is 11.6. The van der Waals surface area contributed by atoms with E-state index in [1.54, 1.807) is 0 Å². The Morgan fingerprint density at radius 2 is 2.04 bits per heavy atom. The second-order valence-electron chi connectivity index (χ2n) is 8.44. The lowest BCUT2D eigenvalue weighted by Crippen LogP contribution is -2.45. The Morgan fingerprint density at radius 1 is 1.32 bits per heavy atom. The van der Waals surface area contributed by atoms with Crippen LogP contribution in [0.4, 0.5) is 4.79 Å². The molecule has 2 atom stereocenters. The predicted octanol–water partition coefficient (Wildman–Crippen LogP) is 4.07. The maximum atomic E-state index is 12.6. The molecule has 0 spiro atoms. The number of alkyl carbamates (subject to hydrolysis) is 1. The molecule has 2 rings (SSSR count). The number of hydrogen-bond acceptors (Lipinski definition) is 5. The minimum atomic E-state index is -0.458. The molecule has 0 aromatic rings. The number of fused-ring (bicyclic) bond motifs is 2. The Hall–Kier alpha value is -0.560. The van der Waals surface area contributed by atoms with Crippen LogP contribution in [0.2, 0.25) is 0 Å². The van der Waals surface area contributed by atoms with Gasteiger partial charge in [0.1, 0.15) is 5.60 Å². The molecule has 1 N–H and O–H groups in total. The number of ether oxygens (including phenoxy) is 1. The van der Waals surface area contributed by atoms with Gasteiger partial charge in [-0.1, -0.05) is 21.6 Å². The van der Waals surface area contributed by atoms with Crippen molar-refractivity contribution in [3.05, 3.63) is 0 Å². The molecule has 0 aliphatic carbocycles. The zero-order chi connectivity index (χ0) is 18.7. The summed E-state index contributed by atoms with van der Waals surface area (Å²) in [6.07, 6.45) is 3.54. The Morgan fingerprint density at radius 3 is 2.72 bits per heavy atom. The molecule has 0 saturated carbocycles. The molecular weight excluding hydrogens is 356 g/mol. The molecular formula is C18H32N2O3S2. The van der Waals surface area contributed by atoms with Crippen molar-refractivity contribution < 1.29 is 14.3 Å². The number of unbranched alkanes of at least 4 members (excludes halogenated alkanes) is 2. The molecule has 7 heteroatoms. The average Bonchev–Trinajstić information content (AvgIpc) is 2.69. The van der Waals surface area contributed by atoms with Crippen LogP contribution in [0.15, 0.2) is 0 Å². The highest BCUT2D eigenvalue weighted by Gasteiger charge is 2.48. The minimum Gasteiger partial charge on any atom is -0.444 e. The summed E-state index contributed by atoms with van der Waals surface area (Å²) in [6, 6.07) is 0.352. The van der Waals surface area contributed by atoms with Crippen molar-refractivity contribution in [2.45, 2.75) is 76.7 Å². The van der Waals surface area contributed by atoms with Gasteiger partial charge in [-0.2, -0.15) is 0 Å². The molecule has 144 valence electrons. The number of hydrogen-bond donors (Lipinski definition) is 1. The standard InChI is InChI=1S/C18H32N2O3S2/c1-17(2,3)23-16(22)19-9-7-6-8-10-20-14-11-13(15(20)21)12-24-25-18(14,4)5/h13-14H,6-12H2,1-5H3,(H,19,22). The zero-order valence-corrected chi connectivity index (χ0v) is 17.7. The molecule has 2 unspecified atom stereocenters. The van der Waals surface area contributed by atoms with Crippen molar-refractivity contribution in [2.75, 3.05) is 18.8 Å². The quantitative estimate of drug-likeness (QED) is 0.549. The smallest absolute Gasteiger partial charge is 0.407 e. The number of nitrogens with zero attached hydrogens (tertiary/aromatic N) is 1. The fourth-order valence-electron chi connectivity index (χ4n) is 3.36. The van der Waals surface area contributed by atoms with Crippen molar-refractivity contribution in [3.63, 3.8) is 0 Å². The molecule has 2 amide bonds. The summed E-state index contributed by atoms with van der Waals surface area (Å²) in [5.41, 5.74) is -0.458. The topological polar surface area (TPSA) is 58.6 Å².